The average molecular weight is 302 g/mol. The molecule has 0 spiro atoms. The molecule has 1 N–H and O–H groups in total. The van der Waals surface area contributed by atoms with Crippen molar-refractivity contribution < 1.29 is 39.5 Å². The Labute approximate surface area is 150 Å². The number of aromatic nitrogens is 1. The molecule has 3 rings (SSSR count). The summed E-state index contributed by atoms with van der Waals surface area (Å²) >= 11 is 0. The quantitative estimate of drug-likeness (QED) is 0.527. The minimum Gasteiger partial charge on any atom is -0.545 e. The Bertz CT molecular complexity index is 847. The van der Waals surface area contributed by atoms with Crippen LogP contribution >= 0.6 is 0 Å². The zero-order valence-corrected chi connectivity index (χ0v) is 14.9. The molecule has 0 aliphatic carbocycles. The SMILES string of the molecule is CC(C)Nc1cc2cc(C(=O)[O-])ccc2c2cnccc12.[Na+]. The predicted octanol–water partition coefficient (Wildman–Crippen LogP) is -0.424. The number of nitrogens with zero attached hydrogens (tertiary/aromatic N) is 1. The van der Waals surface area contributed by atoms with Gasteiger partial charge in [0.15, 0.2) is 0 Å². The number of hydrogen-bond donors (Lipinski definition) is 1. The monoisotopic (exact) mass is 302 g/mol. The van der Waals surface area contributed by atoms with Crippen molar-refractivity contribution in [3.8, 4) is 0 Å². The molecule has 0 aliphatic heterocycles. The molecule has 1 aromatic heterocycles. The van der Waals surface area contributed by atoms with Gasteiger partial charge in [-0.15, -0.1) is 0 Å². The Kier molecular flexibility index (Phi) is 5.06. The molecule has 3 aromatic rings. The molecule has 0 radical (unpaired) electrons. The van der Waals surface area contributed by atoms with Crippen LogP contribution in [0.15, 0.2) is 42.7 Å². The summed E-state index contributed by atoms with van der Waals surface area (Å²) in [6.07, 6.45) is 3.57. The molecular weight excluding hydrogens is 287 g/mol. The van der Waals surface area contributed by atoms with E-state index in [-0.39, 0.29) is 41.2 Å². The Hall–Kier alpha value is -1.62. The van der Waals surface area contributed by atoms with Gasteiger partial charge >= 0.3 is 29.6 Å². The number of carbonyl (C=O) groups excluding carboxylic acids is 1. The van der Waals surface area contributed by atoms with Crippen molar-refractivity contribution in [3.05, 3.63) is 48.3 Å². The number of carboxylic acid groups (broad SMARTS) is 1. The van der Waals surface area contributed by atoms with Gasteiger partial charge in [0.2, 0.25) is 0 Å². The molecule has 1 heterocycles. The molecule has 0 unspecified atom stereocenters. The van der Waals surface area contributed by atoms with Gasteiger partial charge < -0.3 is 15.2 Å². The Balaban J connectivity index is 0.00000176. The number of carbonyl (C=O) groups is 1. The molecule has 106 valence electrons. The number of nitrogens with one attached hydrogen (secondary N) is 1. The topological polar surface area (TPSA) is 65.0 Å². The number of carboxylic acids is 1. The minimum atomic E-state index is -1.17. The first-order valence-corrected chi connectivity index (χ1v) is 6.84. The fraction of sp³-hybridized carbons (Fsp3) is 0.176. The summed E-state index contributed by atoms with van der Waals surface area (Å²) in [5.41, 5.74) is 1.16. The molecular formula is C17H15N2NaO2. The second-order valence-corrected chi connectivity index (χ2v) is 5.37. The van der Waals surface area contributed by atoms with Crippen LogP contribution in [-0.2, 0) is 0 Å². The van der Waals surface area contributed by atoms with Crippen molar-refractivity contribution in [2.24, 2.45) is 0 Å². The number of benzene rings is 2. The fourth-order valence-corrected chi connectivity index (χ4v) is 2.56. The molecule has 0 saturated heterocycles. The predicted molar refractivity (Wildman–Crippen MR) is 82.3 cm³/mol. The van der Waals surface area contributed by atoms with E-state index in [1.807, 2.05) is 24.4 Å². The average Bonchev–Trinajstić information content (AvgIpc) is 2.46. The van der Waals surface area contributed by atoms with Gasteiger partial charge in [-0.25, -0.2) is 0 Å². The van der Waals surface area contributed by atoms with Crippen LogP contribution in [0.5, 0.6) is 0 Å². The Morgan fingerprint density at radius 1 is 1.14 bits per heavy atom. The van der Waals surface area contributed by atoms with Crippen molar-refractivity contribution in [1.29, 1.82) is 0 Å². The fourth-order valence-electron chi connectivity index (χ4n) is 2.56. The summed E-state index contributed by atoms with van der Waals surface area (Å²) in [6.45, 7) is 4.13. The summed E-state index contributed by atoms with van der Waals surface area (Å²) in [7, 11) is 0. The van der Waals surface area contributed by atoms with Gasteiger partial charge in [-0.05, 0) is 48.4 Å². The molecule has 0 amide bonds. The van der Waals surface area contributed by atoms with E-state index in [2.05, 4.69) is 24.1 Å². The maximum atomic E-state index is 11.0. The van der Waals surface area contributed by atoms with Gasteiger partial charge in [0.05, 0.1) is 5.97 Å². The molecule has 0 bridgehead atoms. The standard InChI is InChI=1S/C17H16N2O2.Na/c1-10(2)19-16-8-12-7-11(17(20)21)3-4-13(12)15-9-18-6-5-14(15)16;/h3-10,19H,1-2H3,(H,20,21);/q;+1/p-1. The molecule has 0 atom stereocenters. The summed E-state index contributed by atoms with van der Waals surface area (Å²) in [4.78, 5) is 15.2. The van der Waals surface area contributed by atoms with E-state index in [4.69, 9.17) is 0 Å². The van der Waals surface area contributed by atoms with Gasteiger partial charge in [0.25, 0.3) is 0 Å². The second kappa shape index (κ2) is 6.65. The van der Waals surface area contributed by atoms with Crippen LogP contribution < -0.4 is 40.0 Å². The first kappa shape index (κ1) is 16.7. The molecule has 2 aromatic carbocycles. The Morgan fingerprint density at radius 3 is 2.59 bits per heavy atom. The van der Waals surface area contributed by atoms with Gasteiger partial charge in [0, 0.05) is 34.9 Å². The zero-order valence-electron chi connectivity index (χ0n) is 12.9. The van der Waals surface area contributed by atoms with Crippen LogP contribution in [0, 0.1) is 0 Å². The van der Waals surface area contributed by atoms with Crippen LogP contribution in [0.25, 0.3) is 21.5 Å². The van der Waals surface area contributed by atoms with Crippen molar-refractivity contribution in [2.75, 3.05) is 5.32 Å². The summed E-state index contributed by atoms with van der Waals surface area (Å²) < 4.78 is 0. The largest absolute Gasteiger partial charge is 1.00 e. The minimum absolute atomic E-state index is 0. The Morgan fingerprint density at radius 2 is 1.91 bits per heavy atom. The summed E-state index contributed by atoms with van der Waals surface area (Å²) in [5.74, 6) is -1.17. The van der Waals surface area contributed by atoms with Crippen LogP contribution in [0.2, 0.25) is 0 Å². The zero-order chi connectivity index (χ0) is 15.0. The molecule has 0 fully saturated rings. The number of aromatic carboxylic acids is 1. The molecule has 22 heavy (non-hydrogen) atoms. The number of anilines is 1. The molecule has 0 saturated carbocycles. The van der Waals surface area contributed by atoms with E-state index < -0.39 is 5.97 Å². The van der Waals surface area contributed by atoms with E-state index in [1.54, 1.807) is 18.3 Å². The van der Waals surface area contributed by atoms with Gasteiger partial charge in [-0.2, -0.15) is 0 Å². The van der Waals surface area contributed by atoms with E-state index in [0.717, 1.165) is 27.2 Å². The molecule has 0 aliphatic rings. The van der Waals surface area contributed by atoms with Gasteiger partial charge in [0.1, 0.15) is 0 Å². The second-order valence-electron chi connectivity index (χ2n) is 5.37. The van der Waals surface area contributed by atoms with Crippen LogP contribution in [0.4, 0.5) is 5.69 Å². The smallest absolute Gasteiger partial charge is 0.545 e. The number of fused-ring (bicyclic) bond motifs is 3. The third kappa shape index (κ3) is 3.09. The van der Waals surface area contributed by atoms with Crippen LogP contribution in [0.1, 0.15) is 24.2 Å². The number of hydrogen-bond acceptors (Lipinski definition) is 4. The van der Waals surface area contributed by atoms with E-state index in [1.165, 1.54) is 0 Å². The first-order chi connectivity index (χ1) is 10.1. The maximum Gasteiger partial charge on any atom is 1.00 e. The summed E-state index contributed by atoms with van der Waals surface area (Å²) in [5, 5.41) is 18.4. The van der Waals surface area contributed by atoms with Gasteiger partial charge in [-0.1, -0.05) is 12.1 Å². The number of rotatable bonds is 3. The molecule has 4 nitrogen and oxygen atoms in total. The third-order valence-electron chi connectivity index (χ3n) is 3.43. The number of pyridine rings is 1. The normalized spacial score (nSPS) is 10.7. The van der Waals surface area contributed by atoms with Crippen molar-refractivity contribution in [1.82, 2.24) is 4.98 Å². The maximum absolute atomic E-state index is 11.0. The first-order valence-electron chi connectivity index (χ1n) is 6.84. The van der Waals surface area contributed by atoms with Crippen LogP contribution in [-0.4, -0.2) is 17.0 Å². The van der Waals surface area contributed by atoms with Crippen molar-refractivity contribution >= 4 is 33.2 Å². The van der Waals surface area contributed by atoms with E-state index in [0.29, 0.717) is 0 Å². The summed E-state index contributed by atoms with van der Waals surface area (Å²) in [6, 6.07) is 9.24. The third-order valence-corrected chi connectivity index (χ3v) is 3.43. The van der Waals surface area contributed by atoms with E-state index in [9.17, 15) is 9.90 Å². The van der Waals surface area contributed by atoms with Crippen LogP contribution in [0.3, 0.4) is 0 Å². The van der Waals surface area contributed by atoms with Crippen molar-refractivity contribution in [3.63, 3.8) is 0 Å². The van der Waals surface area contributed by atoms with Gasteiger partial charge in [-0.3, -0.25) is 4.98 Å². The molecule has 5 heteroatoms. The van der Waals surface area contributed by atoms with Crippen molar-refractivity contribution in [2.45, 2.75) is 19.9 Å². The van der Waals surface area contributed by atoms with E-state index >= 15 is 0 Å².